The number of hydrogen-bond acceptors (Lipinski definition) is 10. The van der Waals surface area contributed by atoms with Gasteiger partial charge in [0.2, 0.25) is 11.8 Å². The summed E-state index contributed by atoms with van der Waals surface area (Å²) in [5.74, 6) is 1.04. The van der Waals surface area contributed by atoms with Gasteiger partial charge in [-0.1, -0.05) is 33.8 Å². The third-order valence-corrected chi connectivity index (χ3v) is 12.2. The van der Waals surface area contributed by atoms with Crippen molar-refractivity contribution in [2.45, 2.75) is 90.6 Å². The van der Waals surface area contributed by atoms with Gasteiger partial charge in [0.05, 0.1) is 38.2 Å². The number of methoxy groups -OCH3 is 2. The molecule has 14 nitrogen and oxygen atoms in total. The normalized spacial score (nSPS) is 20.0. The third kappa shape index (κ3) is 7.58. The van der Waals surface area contributed by atoms with E-state index in [1.54, 1.807) is 22.4 Å². The fourth-order valence-corrected chi connectivity index (χ4v) is 9.18. The minimum atomic E-state index is -0.698. The molecule has 0 saturated carbocycles. The number of benzene rings is 1. The van der Waals surface area contributed by atoms with Crippen LogP contribution in [0, 0.1) is 11.8 Å². The Labute approximate surface area is 324 Å². The van der Waals surface area contributed by atoms with Gasteiger partial charge in [-0.15, -0.1) is 11.3 Å². The van der Waals surface area contributed by atoms with Crippen LogP contribution < -0.4 is 15.4 Å². The molecule has 15 heteroatoms. The number of nitrogens with zero attached hydrogens (tertiary/aromatic N) is 4. The van der Waals surface area contributed by atoms with Gasteiger partial charge in [-0.3, -0.25) is 14.6 Å². The molecule has 0 spiro atoms. The number of rotatable bonds is 10. The second kappa shape index (κ2) is 15.9. The topological polar surface area (TPSA) is 168 Å². The number of aliphatic imine (C=N–C) groups is 1. The number of hydrogen-bond donors (Lipinski definition) is 3. The molecule has 292 valence electrons. The monoisotopic (exact) mass is 771 g/mol. The lowest BCUT2D eigenvalue weighted by Gasteiger charge is -2.31. The van der Waals surface area contributed by atoms with Crippen LogP contribution in [0.5, 0.6) is 5.75 Å². The number of fused-ring (bicyclic) bond motifs is 3. The predicted molar refractivity (Wildman–Crippen MR) is 208 cm³/mol. The Balaban J connectivity index is 1.03. The molecule has 4 aliphatic heterocycles. The Morgan fingerprint density at radius 1 is 0.909 bits per heavy atom. The molecule has 1 aromatic carbocycles. The van der Waals surface area contributed by atoms with Gasteiger partial charge in [0, 0.05) is 57.9 Å². The first kappa shape index (κ1) is 38.1. The van der Waals surface area contributed by atoms with Gasteiger partial charge < -0.3 is 39.6 Å². The lowest BCUT2D eigenvalue weighted by atomic mass is 9.99. The summed E-state index contributed by atoms with van der Waals surface area (Å²) in [5, 5.41) is 5.42. The summed E-state index contributed by atoms with van der Waals surface area (Å²) in [5.41, 5.74) is 5.98. The highest BCUT2D eigenvalue weighted by molar-refractivity contribution is 7.16. The first-order chi connectivity index (χ1) is 26.5. The van der Waals surface area contributed by atoms with E-state index in [-0.39, 0.29) is 35.7 Å². The number of thiophene rings is 1. The molecule has 4 amide bonds. The maximum Gasteiger partial charge on any atom is 0.407 e. The number of H-pyrrole nitrogens is 1. The second-order valence-electron chi connectivity index (χ2n) is 15.2. The number of alkyl carbamates (subject to hydrolysis) is 2. The number of amides is 4. The van der Waals surface area contributed by atoms with Crippen molar-refractivity contribution in [1.82, 2.24) is 30.4 Å². The standard InChI is InChI=1S/C40H49N7O7S/c1-21(2)33(44-39(50)52-5)37(48)46-13-7-9-29(46)27-15-24(18-41-27)32-17-25-20-54-31-16-23(11-12-26(31)35(25)55-32)28-19-42-36(43-28)30-10-8-14-47(30)38(49)34(22(3)4)45-40(51)53-6/h11-12,16-19,21-22,29-30,33-34H,7-10,13-15,20H2,1-6H3,(H,42,43)(H,44,50)(H,45,51)/t29-,30-,33+,34+/m0/s1. The highest BCUT2D eigenvalue weighted by atomic mass is 32.1. The van der Waals surface area contributed by atoms with Crippen molar-refractivity contribution in [3.8, 4) is 27.4 Å². The van der Waals surface area contributed by atoms with Crippen molar-refractivity contribution < 1.29 is 33.4 Å². The van der Waals surface area contributed by atoms with E-state index in [4.69, 9.17) is 24.2 Å². The van der Waals surface area contributed by atoms with E-state index >= 15 is 0 Å². The van der Waals surface area contributed by atoms with Gasteiger partial charge >= 0.3 is 12.2 Å². The molecule has 4 atom stereocenters. The number of aromatic amines is 1. The zero-order chi connectivity index (χ0) is 39.0. The van der Waals surface area contributed by atoms with E-state index in [0.29, 0.717) is 31.9 Å². The summed E-state index contributed by atoms with van der Waals surface area (Å²) in [6.45, 7) is 9.29. The molecule has 2 saturated heterocycles. The average molecular weight is 772 g/mol. The largest absolute Gasteiger partial charge is 0.488 e. The Kier molecular flexibility index (Phi) is 11.0. The van der Waals surface area contributed by atoms with Crippen LogP contribution in [0.25, 0.3) is 27.3 Å². The Morgan fingerprint density at radius 3 is 2.18 bits per heavy atom. The van der Waals surface area contributed by atoms with Gasteiger partial charge in [0.15, 0.2) is 0 Å². The van der Waals surface area contributed by atoms with Crippen LogP contribution in [0.3, 0.4) is 0 Å². The summed E-state index contributed by atoms with van der Waals surface area (Å²) in [6.07, 6.45) is 6.46. The molecule has 0 aliphatic carbocycles. The number of allylic oxidation sites excluding steroid dienone is 1. The van der Waals surface area contributed by atoms with Crippen molar-refractivity contribution in [3.05, 3.63) is 52.9 Å². The molecule has 4 aliphatic rings. The van der Waals surface area contributed by atoms with Crippen LogP contribution >= 0.6 is 11.3 Å². The lowest BCUT2D eigenvalue weighted by molar-refractivity contribution is -0.135. The predicted octanol–water partition coefficient (Wildman–Crippen LogP) is 6.30. The van der Waals surface area contributed by atoms with E-state index in [9.17, 15) is 19.2 Å². The van der Waals surface area contributed by atoms with Crippen LogP contribution in [0.15, 0.2) is 41.7 Å². The van der Waals surface area contributed by atoms with E-state index in [0.717, 1.165) is 74.9 Å². The molecule has 6 heterocycles. The molecular weight excluding hydrogens is 723 g/mol. The maximum atomic E-state index is 13.6. The number of ether oxygens (including phenoxy) is 3. The Hall–Kier alpha value is -5.18. The van der Waals surface area contributed by atoms with Crippen LogP contribution in [-0.4, -0.2) is 94.9 Å². The Bertz CT molecular complexity index is 2030. The zero-order valence-electron chi connectivity index (χ0n) is 32.1. The highest BCUT2D eigenvalue weighted by Gasteiger charge is 2.40. The summed E-state index contributed by atoms with van der Waals surface area (Å²) >= 11 is 1.72. The SMILES string of the molecule is COC(=O)N[C@@H](C(=O)N1CCC[C@H]1C1=NC=C(c2cc3c(s2)-c2ccc(-c4cnc([C@@H]5CCCN5C(=O)[C@H](NC(=O)OC)C(C)C)[nH]4)cc2OC3)C1)C(C)C. The second-order valence-corrected chi connectivity index (χ2v) is 16.2. The number of nitrogens with one attached hydrogen (secondary N) is 3. The van der Waals surface area contributed by atoms with E-state index in [2.05, 4.69) is 33.8 Å². The molecule has 2 fully saturated rings. The van der Waals surface area contributed by atoms with Gasteiger partial charge in [0.25, 0.3) is 0 Å². The van der Waals surface area contributed by atoms with Gasteiger partial charge in [0.1, 0.15) is 30.3 Å². The number of carbonyl (C=O) groups is 4. The smallest absolute Gasteiger partial charge is 0.407 e. The minimum absolute atomic E-state index is 0.0929. The third-order valence-electron chi connectivity index (χ3n) is 11.0. The van der Waals surface area contributed by atoms with Crippen molar-refractivity contribution >= 4 is 46.6 Å². The number of likely N-dealkylation sites (tertiary alicyclic amines) is 2. The molecule has 3 aromatic rings. The fourth-order valence-electron chi connectivity index (χ4n) is 7.98. The minimum Gasteiger partial charge on any atom is -0.488 e. The van der Waals surface area contributed by atoms with Crippen molar-refractivity contribution in [2.24, 2.45) is 16.8 Å². The molecule has 0 unspecified atom stereocenters. The number of aromatic nitrogens is 2. The van der Waals surface area contributed by atoms with Crippen LogP contribution in [0.4, 0.5) is 9.59 Å². The van der Waals surface area contributed by atoms with Gasteiger partial charge in [-0.2, -0.15) is 0 Å². The first-order valence-corrected chi connectivity index (χ1v) is 19.8. The van der Waals surface area contributed by atoms with E-state index in [1.165, 1.54) is 14.2 Å². The van der Waals surface area contributed by atoms with Crippen LogP contribution in [0.1, 0.15) is 82.1 Å². The molecule has 0 radical (unpaired) electrons. The van der Waals surface area contributed by atoms with Gasteiger partial charge in [-0.25, -0.2) is 14.6 Å². The number of carbonyl (C=O) groups excluding carboxylic acids is 4. The van der Waals surface area contributed by atoms with E-state index in [1.807, 2.05) is 44.9 Å². The van der Waals surface area contributed by atoms with Crippen LogP contribution in [0.2, 0.25) is 0 Å². The lowest BCUT2D eigenvalue weighted by Crippen LogP contribution is -2.53. The molecule has 3 N–H and O–H groups in total. The quantitative estimate of drug-likeness (QED) is 0.216. The van der Waals surface area contributed by atoms with Crippen molar-refractivity contribution in [1.29, 1.82) is 0 Å². The molecule has 0 bridgehead atoms. The maximum absolute atomic E-state index is 13.6. The summed E-state index contributed by atoms with van der Waals surface area (Å²) in [7, 11) is 2.59. The molecule has 55 heavy (non-hydrogen) atoms. The van der Waals surface area contributed by atoms with Crippen molar-refractivity contribution in [3.63, 3.8) is 0 Å². The number of imidazole rings is 1. The molecule has 7 rings (SSSR count). The zero-order valence-corrected chi connectivity index (χ0v) is 33.0. The Morgan fingerprint density at radius 2 is 1.55 bits per heavy atom. The summed E-state index contributed by atoms with van der Waals surface area (Å²) in [6, 6.07) is 6.66. The summed E-state index contributed by atoms with van der Waals surface area (Å²) in [4.78, 5) is 70.2. The molecular formula is C40H49N7O7S. The fraction of sp³-hybridized carbons (Fsp3) is 0.500. The summed E-state index contributed by atoms with van der Waals surface area (Å²) < 4.78 is 15.8. The average Bonchev–Trinajstić information content (AvgIpc) is 4.03. The first-order valence-electron chi connectivity index (χ1n) is 19.0. The molecule has 2 aromatic heterocycles. The van der Waals surface area contributed by atoms with Gasteiger partial charge in [-0.05, 0) is 61.3 Å². The van der Waals surface area contributed by atoms with Crippen LogP contribution in [-0.2, 0) is 25.7 Å². The highest BCUT2D eigenvalue weighted by Crippen LogP contribution is 2.46. The van der Waals surface area contributed by atoms with E-state index < -0.39 is 24.3 Å². The van der Waals surface area contributed by atoms with Crippen molar-refractivity contribution in [2.75, 3.05) is 27.3 Å².